The van der Waals surface area contributed by atoms with Gasteiger partial charge >= 0.3 is 0 Å². The van der Waals surface area contributed by atoms with Gasteiger partial charge in [-0.15, -0.1) is 11.5 Å². The summed E-state index contributed by atoms with van der Waals surface area (Å²) in [4.78, 5) is 0. The van der Waals surface area contributed by atoms with Crippen LogP contribution in [0.5, 0.6) is 0 Å². The van der Waals surface area contributed by atoms with Crippen LogP contribution >= 0.6 is 0 Å². The average Bonchev–Trinajstić information content (AvgIpc) is 2.91. The third-order valence-corrected chi connectivity index (χ3v) is 8.53. The van der Waals surface area contributed by atoms with Crippen molar-refractivity contribution < 1.29 is 0 Å². The number of benzene rings is 4. The van der Waals surface area contributed by atoms with E-state index < -0.39 is 8.07 Å². The third kappa shape index (κ3) is 5.64. The Morgan fingerprint density at radius 3 is 1.28 bits per heavy atom. The molecule has 0 aromatic heterocycles. The van der Waals surface area contributed by atoms with Crippen molar-refractivity contribution in [1.82, 2.24) is 0 Å². The molecule has 2 bridgehead atoms. The van der Waals surface area contributed by atoms with Gasteiger partial charge in [-0.3, -0.25) is 0 Å². The van der Waals surface area contributed by atoms with E-state index in [1.54, 1.807) is 0 Å². The Morgan fingerprint density at radius 1 is 0.462 bits per heavy atom. The van der Waals surface area contributed by atoms with Gasteiger partial charge in [0.15, 0.2) is 0 Å². The Kier molecular flexibility index (Phi) is 6.32. The van der Waals surface area contributed by atoms with Crippen molar-refractivity contribution in [3.63, 3.8) is 0 Å². The lowest BCUT2D eigenvalue weighted by Crippen LogP contribution is -2.60. The Balaban J connectivity index is 1.06. The van der Waals surface area contributed by atoms with Crippen molar-refractivity contribution in [2.45, 2.75) is 38.9 Å². The summed E-state index contributed by atoms with van der Waals surface area (Å²) in [6, 6.07) is 35.9. The monoisotopic (exact) mass is 516 g/mol. The fraction of sp³-hybridized carbons (Fsp3) is 0.211. The summed E-state index contributed by atoms with van der Waals surface area (Å²) in [5.41, 5.74) is 12.0. The van der Waals surface area contributed by atoms with Crippen LogP contribution in [0.1, 0.15) is 36.0 Å². The van der Waals surface area contributed by atoms with Crippen LogP contribution in [0.4, 0.5) is 0 Å². The summed E-state index contributed by atoms with van der Waals surface area (Å²) in [7, 11) is -1.29. The Morgan fingerprint density at radius 2 is 0.846 bits per heavy atom. The minimum atomic E-state index is -1.29. The van der Waals surface area contributed by atoms with Gasteiger partial charge in [0, 0.05) is 27.5 Å². The Bertz CT molecular complexity index is 1660. The first-order chi connectivity index (χ1) is 18.8. The minimum Gasteiger partial charge on any atom is -0.131 e. The molecule has 0 radical (unpaired) electrons. The highest BCUT2D eigenvalue weighted by Crippen LogP contribution is 2.72. The van der Waals surface area contributed by atoms with Gasteiger partial charge in [-0.25, -0.2) is 0 Å². The normalized spacial score (nSPS) is 20.5. The van der Waals surface area contributed by atoms with Crippen LogP contribution in [0.25, 0.3) is 22.3 Å². The molecule has 4 aromatic rings. The van der Waals surface area contributed by atoms with Crippen LogP contribution < -0.4 is 0 Å². The van der Waals surface area contributed by atoms with Gasteiger partial charge in [0.25, 0.3) is 0 Å². The molecule has 4 aromatic carbocycles. The van der Waals surface area contributed by atoms with Gasteiger partial charge in [-0.2, -0.15) is 0 Å². The first-order valence-electron chi connectivity index (χ1n) is 13.7. The predicted molar refractivity (Wildman–Crippen MR) is 166 cm³/mol. The minimum absolute atomic E-state index is 0.230. The maximum absolute atomic E-state index is 3.61. The molecule has 0 spiro atoms. The van der Waals surface area contributed by atoms with Gasteiger partial charge in [-0.1, -0.05) is 110 Å². The smallest absolute Gasteiger partial charge is 0.129 e. The van der Waals surface area contributed by atoms with E-state index in [0.717, 1.165) is 36.0 Å². The Hall–Kier alpha value is -4.22. The molecule has 0 nitrogen and oxygen atoms in total. The second-order valence-electron chi connectivity index (χ2n) is 12.2. The highest BCUT2D eigenvalue weighted by molar-refractivity contribution is 6.83. The Labute approximate surface area is 234 Å². The summed E-state index contributed by atoms with van der Waals surface area (Å²) in [6.07, 6.45) is 3.49. The number of hydrogen-bond donors (Lipinski definition) is 0. The maximum Gasteiger partial charge on any atom is 0.129 e. The standard InChI is InChI=1S/C38H32Si/c1-39(2,3)26-25-38-27-37(28-38,29-38)24-23-32-15-21-36(22-16-32)35-19-13-31(14-20-35)10-9-30-11-17-34(18-12-30)33-7-5-4-6-8-33/h4-8,11-22H,27-29H2,1-3H3. The van der Waals surface area contributed by atoms with Crippen LogP contribution in [0, 0.1) is 46.0 Å². The van der Waals surface area contributed by atoms with Crippen LogP contribution in [0.15, 0.2) is 103 Å². The summed E-state index contributed by atoms with van der Waals surface area (Å²) in [5, 5.41) is 0. The SMILES string of the molecule is C[Si](C)(C)C#CC12CC(C#Cc3ccc(-c4ccc(C#Cc5ccc(-c6ccccc6)cc5)cc4)cc3)(C1)C2. The molecule has 3 aliphatic rings. The lowest BCUT2D eigenvalue weighted by atomic mass is 9.36. The molecule has 0 N–H and O–H groups in total. The molecular formula is C38H32Si. The van der Waals surface area contributed by atoms with Gasteiger partial charge < -0.3 is 0 Å². The molecule has 39 heavy (non-hydrogen) atoms. The van der Waals surface area contributed by atoms with E-state index in [2.05, 4.69) is 152 Å². The summed E-state index contributed by atoms with van der Waals surface area (Å²) >= 11 is 0. The number of hydrogen-bond acceptors (Lipinski definition) is 0. The van der Waals surface area contributed by atoms with E-state index in [0.29, 0.717) is 5.41 Å². The van der Waals surface area contributed by atoms with Crippen molar-refractivity contribution in [3.05, 3.63) is 120 Å². The quantitative estimate of drug-likeness (QED) is 0.184. The van der Waals surface area contributed by atoms with Crippen molar-refractivity contribution in [2.75, 3.05) is 0 Å². The fourth-order valence-corrected chi connectivity index (χ4v) is 6.23. The van der Waals surface area contributed by atoms with Crippen molar-refractivity contribution >= 4 is 8.07 Å². The van der Waals surface area contributed by atoms with Crippen molar-refractivity contribution in [1.29, 1.82) is 0 Å². The third-order valence-electron chi connectivity index (χ3n) is 7.65. The van der Waals surface area contributed by atoms with Crippen LogP contribution in [-0.4, -0.2) is 8.07 Å². The summed E-state index contributed by atoms with van der Waals surface area (Å²) in [6.45, 7) is 6.96. The zero-order valence-corrected chi connectivity index (χ0v) is 23.9. The molecule has 0 atom stereocenters. The molecule has 3 aliphatic carbocycles. The second-order valence-corrected chi connectivity index (χ2v) is 16.9. The molecule has 1 heteroatoms. The zero-order valence-electron chi connectivity index (χ0n) is 22.9. The molecule has 0 amide bonds. The van der Waals surface area contributed by atoms with Crippen LogP contribution in [-0.2, 0) is 0 Å². The van der Waals surface area contributed by atoms with E-state index in [9.17, 15) is 0 Å². The molecule has 0 aliphatic heterocycles. The summed E-state index contributed by atoms with van der Waals surface area (Å²) in [5.74, 6) is 17.2. The van der Waals surface area contributed by atoms with Gasteiger partial charge in [-0.05, 0) is 77.9 Å². The van der Waals surface area contributed by atoms with Crippen LogP contribution in [0.3, 0.4) is 0 Å². The van der Waals surface area contributed by atoms with E-state index in [1.807, 2.05) is 6.07 Å². The van der Waals surface area contributed by atoms with Crippen LogP contribution in [0.2, 0.25) is 19.6 Å². The van der Waals surface area contributed by atoms with E-state index in [-0.39, 0.29) is 5.41 Å². The van der Waals surface area contributed by atoms with Gasteiger partial charge in [0.1, 0.15) is 8.07 Å². The second kappa shape index (κ2) is 9.82. The first-order valence-corrected chi connectivity index (χ1v) is 17.2. The highest BCUT2D eigenvalue weighted by atomic mass is 28.3. The largest absolute Gasteiger partial charge is 0.131 e. The maximum atomic E-state index is 3.61. The van der Waals surface area contributed by atoms with Gasteiger partial charge in [0.2, 0.25) is 0 Å². The molecule has 0 unspecified atom stereocenters. The molecule has 3 saturated carbocycles. The molecule has 0 heterocycles. The van der Waals surface area contributed by atoms with Gasteiger partial charge in [0.05, 0.1) is 0 Å². The average molecular weight is 517 g/mol. The predicted octanol–water partition coefficient (Wildman–Crippen LogP) is 8.82. The highest BCUT2D eigenvalue weighted by Gasteiger charge is 2.66. The summed E-state index contributed by atoms with van der Waals surface area (Å²) < 4.78 is 0. The molecule has 3 fully saturated rings. The van der Waals surface area contributed by atoms with E-state index in [1.165, 1.54) is 22.3 Å². The van der Waals surface area contributed by atoms with Crippen molar-refractivity contribution in [3.8, 4) is 57.4 Å². The van der Waals surface area contributed by atoms with Crippen molar-refractivity contribution in [2.24, 2.45) is 10.8 Å². The lowest BCUT2D eigenvalue weighted by molar-refractivity contribution is -0.113. The molecular weight excluding hydrogens is 485 g/mol. The lowest BCUT2D eigenvalue weighted by Gasteiger charge is -2.66. The molecule has 0 saturated heterocycles. The number of rotatable bonds is 2. The topological polar surface area (TPSA) is 0 Å². The zero-order chi connectivity index (χ0) is 26.9. The fourth-order valence-electron chi connectivity index (χ4n) is 5.59. The molecule has 7 rings (SSSR count). The van der Waals surface area contributed by atoms with E-state index in [4.69, 9.17) is 0 Å². The van der Waals surface area contributed by atoms with E-state index >= 15 is 0 Å². The first kappa shape index (κ1) is 25.1. The molecule has 188 valence electrons.